The molecule has 0 radical (unpaired) electrons. The van der Waals surface area contributed by atoms with Crippen molar-refractivity contribution < 1.29 is 23.2 Å². The van der Waals surface area contributed by atoms with Crippen LogP contribution in [0.15, 0.2) is 67.4 Å². The first-order valence-electron chi connectivity index (χ1n) is 15.6. The zero-order valence-corrected chi connectivity index (χ0v) is 26.5. The molecule has 2 aromatic carbocycles. The minimum Gasteiger partial charge on any atom is -0.347 e. The molecule has 240 valence electrons. The third-order valence-electron chi connectivity index (χ3n) is 8.88. The fourth-order valence-corrected chi connectivity index (χ4v) is 7.81. The number of ketones is 1. The zero-order chi connectivity index (χ0) is 32.7. The van der Waals surface area contributed by atoms with Gasteiger partial charge < -0.3 is 14.8 Å². The highest BCUT2D eigenvalue weighted by Gasteiger charge is 2.41. The Bertz CT molecular complexity index is 1980. The molecule has 1 unspecified atom stereocenters. The van der Waals surface area contributed by atoms with E-state index in [1.807, 2.05) is 18.2 Å². The van der Waals surface area contributed by atoms with E-state index in [9.17, 15) is 23.2 Å². The first-order valence-corrected chi connectivity index (χ1v) is 16.4. The molecule has 2 amide bonds. The number of nitrogens with one attached hydrogen (secondary N) is 1. The van der Waals surface area contributed by atoms with E-state index in [0.717, 1.165) is 50.5 Å². The van der Waals surface area contributed by atoms with Gasteiger partial charge in [0.25, 0.3) is 0 Å². The lowest BCUT2D eigenvalue weighted by molar-refractivity contribution is -0.139. The number of carbonyl (C=O) groups is 3. The number of halogens is 2. The summed E-state index contributed by atoms with van der Waals surface area (Å²) in [7, 11) is 0. The van der Waals surface area contributed by atoms with Crippen molar-refractivity contribution >= 4 is 39.8 Å². The molecule has 3 atom stereocenters. The molecule has 12 heteroatoms. The summed E-state index contributed by atoms with van der Waals surface area (Å²) in [6, 6.07) is 10.6. The Morgan fingerprint density at radius 1 is 1.06 bits per heavy atom. The van der Waals surface area contributed by atoms with Gasteiger partial charge in [0.2, 0.25) is 11.8 Å². The molecule has 1 fully saturated rings. The van der Waals surface area contributed by atoms with Gasteiger partial charge in [-0.2, -0.15) is 0 Å². The monoisotopic (exact) mass is 654 g/mol. The molecule has 0 saturated carbocycles. The summed E-state index contributed by atoms with van der Waals surface area (Å²) in [5.41, 5.74) is 4.78. The summed E-state index contributed by atoms with van der Waals surface area (Å²) in [4.78, 5) is 55.1. The minimum absolute atomic E-state index is 0.0850. The number of likely N-dealkylation sites (tertiary alicyclic amines) is 1. The summed E-state index contributed by atoms with van der Waals surface area (Å²) in [5.74, 6) is -1.26. The molecular weight excluding hydrogens is 622 g/mol. The normalized spacial score (nSPS) is 19.1. The predicted octanol–water partition coefficient (Wildman–Crippen LogP) is 5.62. The molecule has 3 aromatic heterocycles. The maximum atomic E-state index is 14.8. The number of amides is 2. The molecule has 1 aliphatic heterocycles. The fraction of sp³-hybridized carbons (Fsp3) is 0.314. The van der Waals surface area contributed by atoms with Crippen molar-refractivity contribution in [2.45, 2.75) is 63.8 Å². The summed E-state index contributed by atoms with van der Waals surface area (Å²) >= 11 is 1.46. The number of rotatable bonds is 8. The molecule has 2 aliphatic rings. The highest BCUT2D eigenvalue weighted by molar-refractivity contribution is 7.15. The standard InChI is InChI=1S/C35H32F2N6O3S/c1-20(44)27-17-42(30-10-5-21(12-26(27)30)11-22-14-38-19-39-15-22)18-32(45)43-16-25(37)13-31(43)34(46)40-28-3-2-4-29-33(28)47-35(41-29)23-6-8-24(36)9-7-23/h5-10,12,14-15,17,19,25,28,31H,2-4,11,13,16,18H2,1H3,(H,40,46)/t25-,28?,31+/m1/s1. The van der Waals surface area contributed by atoms with Gasteiger partial charge in [0, 0.05) is 53.5 Å². The lowest BCUT2D eigenvalue weighted by Crippen LogP contribution is -2.48. The number of hydrogen-bond acceptors (Lipinski definition) is 7. The van der Waals surface area contributed by atoms with Crippen molar-refractivity contribution in [3.05, 3.63) is 100 Å². The number of alkyl halides is 1. The average molecular weight is 655 g/mol. The molecule has 9 nitrogen and oxygen atoms in total. The lowest BCUT2D eigenvalue weighted by Gasteiger charge is -2.28. The van der Waals surface area contributed by atoms with Gasteiger partial charge in [-0.25, -0.2) is 23.7 Å². The van der Waals surface area contributed by atoms with Crippen LogP contribution in [0.3, 0.4) is 0 Å². The van der Waals surface area contributed by atoms with Crippen LogP contribution in [0.25, 0.3) is 21.5 Å². The summed E-state index contributed by atoms with van der Waals surface area (Å²) < 4.78 is 30.0. The second-order valence-electron chi connectivity index (χ2n) is 12.2. The highest BCUT2D eigenvalue weighted by Crippen LogP contribution is 2.38. The summed E-state index contributed by atoms with van der Waals surface area (Å²) in [6.45, 7) is 1.16. The third-order valence-corrected chi connectivity index (χ3v) is 10.1. The van der Waals surface area contributed by atoms with Crippen molar-refractivity contribution in [2.24, 2.45) is 0 Å². The lowest BCUT2D eigenvalue weighted by atomic mass is 9.97. The Labute approximate surface area is 273 Å². The Morgan fingerprint density at radius 3 is 2.62 bits per heavy atom. The van der Waals surface area contributed by atoms with Crippen LogP contribution in [-0.2, 0) is 29.0 Å². The van der Waals surface area contributed by atoms with E-state index in [1.54, 1.807) is 35.3 Å². The van der Waals surface area contributed by atoms with Gasteiger partial charge in [-0.1, -0.05) is 6.07 Å². The molecule has 0 bridgehead atoms. The molecule has 0 spiro atoms. The van der Waals surface area contributed by atoms with Crippen molar-refractivity contribution in [3.8, 4) is 10.6 Å². The number of fused-ring (bicyclic) bond motifs is 2. The van der Waals surface area contributed by atoms with Gasteiger partial charge in [0.1, 0.15) is 35.9 Å². The second kappa shape index (κ2) is 12.7. The van der Waals surface area contributed by atoms with E-state index in [4.69, 9.17) is 4.98 Å². The average Bonchev–Trinajstić information content (AvgIpc) is 3.77. The zero-order valence-electron chi connectivity index (χ0n) is 25.7. The Hall–Kier alpha value is -4.84. The van der Waals surface area contributed by atoms with E-state index in [0.29, 0.717) is 23.9 Å². The molecule has 1 N–H and O–H groups in total. The van der Waals surface area contributed by atoms with Crippen LogP contribution in [0.4, 0.5) is 8.78 Å². The number of hydrogen-bond donors (Lipinski definition) is 1. The predicted molar refractivity (Wildman–Crippen MR) is 173 cm³/mol. The van der Waals surface area contributed by atoms with E-state index < -0.39 is 24.0 Å². The molecule has 47 heavy (non-hydrogen) atoms. The van der Waals surface area contributed by atoms with Gasteiger partial charge >= 0.3 is 0 Å². The minimum atomic E-state index is -1.33. The van der Waals surface area contributed by atoms with Crippen LogP contribution in [0, 0.1) is 5.82 Å². The van der Waals surface area contributed by atoms with Crippen LogP contribution >= 0.6 is 11.3 Å². The smallest absolute Gasteiger partial charge is 0.243 e. The molecule has 4 heterocycles. The third kappa shape index (κ3) is 6.29. The van der Waals surface area contributed by atoms with Gasteiger partial charge in [0.05, 0.1) is 23.2 Å². The van der Waals surface area contributed by atoms with Crippen LogP contribution in [-0.4, -0.2) is 60.8 Å². The van der Waals surface area contributed by atoms with Crippen LogP contribution in [0.1, 0.15) is 64.3 Å². The van der Waals surface area contributed by atoms with E-state index in [2.05, 4.69) is 15.3 Å². The molecule has 1 aliphatic carbocycles. The van der Waals surface area contributed by atoms with Crippen molar-refractivity contribution in [2.75, 3.05) is 6.54 Å². The van der Waals surface area contributed by atoms with Crippen molar-refractivity contribution in [3.63, 3.8) is 0 Å². The van der Waals surface area contributed by atoms with Gasteiger partial charge in [-0.05, 0) is 73.7 Å². The summed E-state index contributed by atoms with van der Waals surface area (Å²) in [5, 5.41) is 4.56. The largest absolute Gasteiger partial charge is 0.347 e. The molecule has 1 saturated heterocycles. The maximum Gasteiger partial charge on any atom is 0.243 e. The number of benzene rings is 2. The Morgan fingerprint density at radius 2 is 1.85 bits per heavy atom. The van der Waals surface area contributed by atoms with E-state index in [1.165, 1.54) is 41.6 Å². The fourth-order valence-electron chi connectivity index (χ4n) is 6.61. The molecule has 5 aromatic rings. The Balaban J connectivity index is 1.09. The van der Waals surface area contributed by atoms with E-state index >= 15 is 0 Å². The summed E-state index contributed by atoms with van der Waals surface area (Å²) in [6.07, 6.45) is 8.07. The first kappa shape index (κ1) is 30.8. The number of thiazole rings is 1. The van der Waals surface area contributed by atoms with Crippen LogP contribution in [0.5, 0.6) is 0 Å². The molecule has 7 rings (SSSR count). The van der Waals surface area contributed by atoms with Crippen LogP contribution in [0.2, 0.25) is 0 Å². The SMILES string of the molecule is CC(=O)c1cn(CC(=O)N2C[C@H](F)C[C@H]2C(=O)NC2CCCc3nc(-c4ccc(F)cc4)sc32)c2ccc(Cc3cncnc3)cc12. The second-order valence-corrected chi connectivity index (χ2v) is 13.2. The number of carbonyl (C=O) groups excluding carboxylic acids is 3. The topological polar surface area (TPSA) is 110 Å². The van der Waals surface area contributed by atoms with Gasteiger partial charge in [-0.3, -0.25) is 14.4 Å². The van der Waals surface area contributed by atoms with Crippen molar-refractivity contribution in [1.29, 1.82) is 0 Å². The highest BCUT2D eigenvalue weighted by atomic mass is 32.1. The van der Waals surface area contributed by atoms with Crippen LogP contribution < -0.4 is 5.32 Å². The number of aromatic nitrogens is 4. The number of nitrogens with zero attached hydrogens (tertiary/aromatic N) is 5. The van der Waals surface area contributed by atoms with Crippen molar-refractivity contribution in [1.82, 2.24) is 29.7 Å². The van der Waals surface area contributed by atoms with E-state index in [-0.39, 0.29) is 37.2 Å². The van der Waals surface area contributed by atoms with Gasteiger partial charge in [0.15, 0.2) is 5.78 Å². The van der Waals surface area contributed by atoms with Gasteiger partial charge in [-0.15, -0.1) is 11.3 Å². The quantitative estimate of drug-likeness (QED) is 0.218. The maximum absolute atomic E-state index is 14.8. The Kier molecular flexibility index (Phi) is 8.35. The number of aryl methyl sites for hydroxylation is 1. The number of Topliss-reactive ketones (excluding diaryl/α,β-unsaturated/α-hetero) is 1. The first-order chi connectivity index (χ1) is 22.7. The molecular formula is C35H32F2N6O3S.